The summed E-state index contributed by atoms with van der Waals surface area (Å²) in [5, 5.41) is -1.20. The summed E-state index contributed by atoms with van der Waals surface area (Å²) in [6.07, 6.45) is 7.94. The average molecular weight is 442 g/mol. The van der Waals surface area contributed by atoms with E-state index in [0.717, 1.165) is 0 Å². The van der Waals surface area contributed by atoms with E-state index in [1.807, 2.05) is 27.7 Å². The highest BCUT2D eigenvalue weighted by molar-refractivity contribution is 5.96. The number of para-hydroxylation sites is 1. The minimum atomic E-state index is -1.55. The number of benzene rings is 2. The highest BCUT2D eigenvalue weighted by atomic mass is 19.4. The summed E-state index contributed by atoms with van der Waals surface area (Å²) >= 11 is 0. The molecule has 0 aliphatic heterocycles. The lowest BCUT2D eigenvalue weighted by atomic mass is 10.1. The number of carbonyl (C=O) groups is 1. The Labute approximate surface area is 185 Å². The molecule has 32 heavy (non-hydrogen) atoms. The van der Waals surface area contributed by atoms with Crippen LogP contribution in [0.4, 0.5) is 8.96 Å². The Morgan fingerprint density at radius 3 is 2.50 bits per heavy atom. The van der Waals surface area contributed by atoms with Crippen LogP contribution in [0.25, 0.3) is 23.1 Å². The summed E-state index contributed by atoms with van der Waals surface area (Å²) < 4.78 is 35.6. The number of terminal acetylenes is 1. The quantitative estimate of drug-likeness (QED) is 0.378. The first-order valence-corrected chi connectivity index (χ1v) is 9.94. The van der Waals surface area contributed by atoms with E-state index >= 15 is 0 Å². The highest BCUT2D eigenvalue weighted by Crippen LogP contribution is 2.23. The molecule has 0 radical (unpaired) electrons. The monoisotopic (exact) mass is 442 g/mol. The Morgan fingerprint density at radius 2 is 1.84 bits per heavy atom. The van der Waals surface area contributed by atoms with E-state index in [-0.39, 0.29) is 23.8 Å². The number of ether oxygens (including phenoxy) is 1. The lowest BCUT2D eigenvalue weighted by Crippen LogP contribution is -2.15. The van der Waals surface area contributed by atoms with Crippen molar-refractivity contribution in [2.75, 3.05) is 6.61 Å². The second-order valence-electron chi connectivity index (χ2n) is 5.48. The van der Waals surface area contributed by atoms with E-state index in [1.54, 1.807) is 24.3 Å². The van der Waals surface area contributed by atoms with Crippen molar-refractivity contribution in [2.45, 2.75) is 27.7 Å². The lowest BCUT2D eigenvalue weighted by Gasteiger charge is -2.09. The first-order chi connectivity index (χ1) is 15.5. The number of carbonyl (C=O) groups excluding carboxylic acids is 1. The first kappa shape index (κ1) is 26.0. The molecule has 0 unspecified atom stereocenters. The molecule has 0 N–H and O–H groups in total. The smallest absolute Gasteiger partial charge is 0.347 e. The van der Waals surface area contributed by atoms with E-state index in [2.05, 4.69) is 10.9 Å². The van der Waals surface area contributed by atoms with Crippen molar-refractivity contribution in [1.29, 1.82) is 0 Å². The van der Waals surface area contributed by atoms with Crippen molar-refractivity contribution in [3.63, 3.8) is 0 Å². The van der Waals surface area contributed by atoms with Crippen LogP contribution in [0, 0.1) is 12.3 Å². The van der Waals surface area contributed by atoms with Crippen molar-refractivity contribution in [2.24, 2.45) is 0 Å². The van der Waals surface area contributed by atoms with E-state index in [0.29, 0.717) is 16.5 Å². The molecule has 0 aliphatic carbocycles. The summed E-state index contributed by atoms with van der Waals surface area (Å²) in [7, 11) is 0. The fourth-order valence-electron chi connectivity index (χ4n) is 2.43. The number of amides is 1. The fraction of sp³-hybridized carbons (Fsp3) is 0.208. The molecular formula is C24H24F2N2O4. The largest absolute Gasteiger partial charge is 0.480 e. The van der Waals surface area contributed by atoms with Crippen molar-refractivity contribution < 1.29 is 22.9 Å². The molecule has 0 bridgehead atoms. The van der Waals surface area contributed by atoms with Crippen LogP contribution in [0.3, 0.4) is 0 Å². The molecule has 0 spiro atoms. The molecule has 3 aromatic rings. The third-order valence-corrected chi connectivity index (χ3v) is 3.67. The van der Waals surface area contributed by atoms with Gasteiger partial charge in [-0.3, -0.25) is 4.79 Å². The topological polar surface area (TPSA) is 72.6 Å². The van der Waals surface area contributed by atoms with Crippen molar-refractivity contribution in [1.82, 2.24) is 10.3 Å². The molecule has 1 heterocycles. The Balaban J connectivity index is 0.00000121. The molecular weight excluding hydrogens is 418 g/mol. The minimum absolute atomic E-state index is 0.0295. The van der Waals surface area contributed by atoms with Crippen molar-refractivity contribution >= 4 is 29.0 Å². The van der Waals surface area contributed by atoms with Crippen LogP contribution in [0.1, 0.15) is 49.5 Å². The number of halogens is 2. The van der Waals surface area contributed by atoms with Gasteiger partial charge in [0, 0.05) is 11.4 Å². The van der Waals surface area contributed by atoms with E-state index in [1.165, 1.54) is 30.4 Å². The average Bonchev–Trinajstić information content (AvgIpc) is 2.83. The molecule has 0 saturated heterocycles. The predicted molar refractivity (Wildman–Crippen MR) is 121 cm³/mol. The zero-order chi connectivity index (χ0) is 24.1. The molecule has 6 nitrogen and oxygen atoms in total. The highest BCUT2D eigenvalue weighted by Gasteiger charge is 2.20. The minimum Gasteiger partial charge on any atom is -0.480 e. The summed E-state index contributed by atoms with van der Waals surface area (Å²) in [5.74, 6) is 0.606. The van der Waals surface area contributed by atoms with Gasteiger partial charge in [0.25, 0.3) is 0 Å². The van der Waals surface area contributed by atoms with Crippen molar-refractivity contribution in [3.05, 3.63) is 69.9 Å². The molecule has 8 heteroatoms. The molecule has 0 fully saturated rings. The first-order valence-electron chi connectivity index (χ1n) is 9.94. The van der Waals surface area contributed by atoms with Gasteiger partial charge in [-0.2, -0.15) is 0 Å². The fourth-order valence-corrected chi connectivity index (χ4v) is 2.43. The maximum absolute atomic E-state index is 12.7. The van der Waals surface area contributed by atoms with Gasteiger partial charge in [0.05, 0.1) is 16.5 Å². The van der Waals surface area contributed by atoms with Gasteiger partial charge in [-0.05, 0) is 35.9 Å². The van der Waals surface area contributed by atoms with Crippen LogP contribution >= 0.6 is 0 Å². The number of hydrogen-bond donors (Lipinski definition) is 0. The maximum atomic E-state index is 12.7. The number of hydrogen-bond acceptors (Lipinski definition) is 5. The summed E-state index contributed by atoms with van der Waals surface area (Å²) in [6, 6.07) is 10.8. The zero-order valence-corrected chi connectivity index (χ0v) is 18.3. The summed E-state index contributed by atoms with van der Waals surface area (Å²) in [5.41, 5.74) is -0.0753. The molecule has 1 aromatic heterocycles. The van der Waals surface area contributed by atoms with Gasteiger partial charge in [-0.1, -0.05) is 60.8 Å². The molecule has 1 amide bonds. The van der Waals surface area contributed by atoms with Crippen LogP contribution in [-0.4, -0.2) is 22.8 Å². The van der Waals surface area contributed by atoms with Gasteiger partial charge < -0.3 is 9.15 Å². The van der Waals surface area contributed by atoms with Crippen molar-refractivity contribution in [3.8, 4) is 18.1 Å². The Kier molecular flexibility index (Phi) is 10.9. The van der Waals surface area contributed by atoms with Gasteiger partial charge in [0.1, 0.15) is 12.4 Å². The third kappa shape index (κ3) is 6.77. The van der Waals surface area contributed by atoms with Crippen LogP contribution in [0.15, 0.2) is 51.7 Å². The van der Waals surface area contributed by atoms with Crippen LogP contribution in [0.5, 0.6) is 5.75 Å². The van der Waals surface area contributed by atoms with E-state index in [4.69, 9.17) is 15.6 Å². The molecule has 0 atom stereocenters. The van der Waals surface area contributed by atoms with Crippen LogP contribution in [-0.2, 0) is 0 Å². The van der Waals surface area contributed by atoms with Gasteiger partial charge in [-0.25, -0.2) is 9.78 Å². The van der Waals surface area contributed by atoms with E-state index < -0.39 is 16.9 Å². The molecule has 0 saturated carbocycles. The molecule has 0 aliphatic rings. The van der Waals surface area contributed by atoms with Gasteiger partial charge in [-0.15, -0.1) is 6.42 Å². The number of rotatable bonds is 5. The second kappa shape index (κ2) is 13.3. The molecule has 3 rings (SSSR count). The zero-order valence-electron chi connectivity index (χ0n) is 18.3. The van der Waals surface area contributed by atoms with Crippen LogP contribution < -0.4 is 10.4 Å². The SMILES string of the molecule is C#CCOc1ccc(/C=C/c2nc3ccccc3c(=O)o2)cc1C(=O)N(F)F.CC.CC. The Hall–Kier alpha value is -3.99. The van der Waals surface area contributed by atoms with Crippen LogP contribution in [0.2, 0.25) is 0 Å². The van der Waals surface area contributed by atoms with E-state index in [9.17, 15) is 18.6 Å². The number of nitrogens with zero attached hydrogens (tertiary/aromatic N) is 2. The number of aromatic nitrogens is 1. The lowest BCUT2D eigenvalue weighted by molar-refractivity contribution is -0.108. The van der Waals surface area contributed by atoms with Gasteiger partial charge in [0.15, 0.2) is 0 Å². The van der Waals surface area contributed by atoms with Gasteiger partial charge >= 0.3 is 11.5 Å². The Bertz CT molecular complexity index is 1160. The Morgan fingerprint density at radius 1 is 1.16 bits per heavy atom. The normalized spacial score (nSPS) is 9.78. The summed E-state index contributed by atoms with van der Waals surface area (Å²) in [6.45, 7) is 7.82. The molecule has 168 valence electrons. The summed E-state index contributed by atoms with van der Waals surface area (Å²) in [4.78, 5) is 27.9. The second-order valence-corrected chi connectivity index (χ2v) is 5.48. The maximum Gasteiger partial charge on any atom is 0.347 e. The third-order valence-electron chi connectivity index (χ3n) is 3.67. The standard InChI is InChI=1S/C20H12F2N2O4.2C2H6/c1-2-11-27-17-9-7-13(12-15(17)19(25)24(21)22)8-10-18-23-16-6-4-3-5-14(16)20(26)28-18;2*1-2/h1,3-10,12H,11H2;2*1-2H3/b10-8+;;. The van der Waals surface area contributed by atoms with Gasteiger partial charge in [0.2, 0.25) is 5.89 Å². The number of fused-ring (bicyclic) bond motifs is 1. The molecule has 2 aromatic carbocycles. The predicted octanol–water partition coefficient (Wildman–Crippen LogP) is 5.63.